The Balaban J connectivity index is 2.70. The van der Waals surface area contributed by atoms with Crippen LogP contribution in [0.5, 0.6) is 0 Å². The summed E-state index contributed by atoms with van der Waals surface area (Å²) in [6.07, 6.45) is 0. The summed E-state index contributed by atoms with van der Waals surface area (Å²) in [7, 11) is 0. The zero-order chi connectivity index (χ0) is 15.4. The molecule has 0 aromatic carbocycles. The minimum absolute atomic E-state index is 0.0737. The van der Waals surface area contributed by atoms with Crippen molar-refractivity contribution in [3.8, 4) is 0 Å². The fourth-order valence-corrected chi connectivity index (χ4v) is 1.73. The maximum atomic E-state index is 12.0. The average Bonchev–Trinajstić information content (AvgIpc) is 2.32. The van der Waals surface area contributed by atoms with Crippen LogP contribution in [0.25, 0.3) is 0 Å². The van der Waals surface area contributed by atoms with Gasteiger partial charge in [0.2, 0.25) is 0 Å². The molecule has 4 N–H and O–H groups in total. The number of alkyl halides is 3. The van der Waals surface area contributed by atoms with E-state index in [1.807, 2.05) is 20.8 Å². The molecule has 0 radical (unpaired) electrons. The van der Waals surface area contributed by atoms with Crippen LogP contribution in [0, 0.1) is 0 Å². The summed E-state index contributed by atoms with van der Waals surface area (Å²) >= 11 is -0.0737. The smallest absolute Gasteiger partial charge is 0.369 e. The number of anilines is 2. The lowest BCUT2D eigenvalue weighted by Crippen LogP contribution is -2.20. The Bertz CT molecular complexity index is 445. The van der Waals surface area contributed by atoms with Crippen molar-refractivity contribution in [3.63, 3.8) is 0 Å². The Hall–Kier alpha value is -1.22. The molecule has 0 fully saturated rings. The lowest BCUT2D eigenvalue weighted by molar-refractivity contribution is -0.0327. The van der Waals surface area contributed by atoms with Crippen LogP contribution in [0.1, 0.15) is 26.6 Å². The second-order valence-electron chi connectivity index (χ2n) is 5.08. The molecule has 0 bridgehead atoms. The van der Waals surface area contributed by atoms with Gasteiger partial charge in [-0.3, -0.25) is 0 Å². The molecule has 0 aliphatic rings. The van der Waals surface area contributed by atoms with Crippen LogP contribution in [0.2, 0.25) is 0 Å². The molecule has 1 rings (SSSR count). The third kappa shape index (κ3) is 5.83. The van der Waals surface area contributed by atoms with Crippen LogP contribution < -0.4 is 16.6 Å². The van der Waals surface area contributed by atoms with Crippen molar-refractivity contribution >= 4 is 23.4 Å². The van der Waals surface area contributed by atoms with Crippen molar-refractivity contribution in [3.05, 3.63) is 11.9 Å². The molecule has 0 aliphatic heterocycles. The molecule has 0 saturated carbocycles. The molecule has 0 spiro atoms. The van der Waals surface area contributed by atoms with Gasteiger partial charge in [-0.1, -0.05) is 20.8 Å². The Kier molecular flexibility index (Phi) is 5.46. The monoisotopic (exact) mass is 309 g/mol. The maximum absolute atomic E-state index is 12.0. The van der Waals surface area contributed by atoms with Crippen molar-refractivity contribution in [2.24, 2.45) is 5.84 Å². The number of rotatable bonds is 5. The molecule has 0 atom stereocenters. The van der Waals surface area contributed by atoms with Gasteiger partial charge < -0.3 is 10.7 Å². The van der Waals surface area contributed by atoms with E-state index in [2.05, 4.69) is 20.7 Å². The number of nitrogens with zero attached hydrogens (tertiary/aromatic N) is 2. The summed E-state index contributed by atoms with van der Waals surface area (Å²) in [5, 5.41) is 2.84. The molecule has 0 amide bonds. The first-order chi connectivity index (χ1) is 9.12. The number of hydrazine groups is 1. The summed E-state index contributed by atoms with van der Waals surface area (Å²) in [4.78, 5) is 8.50. The van der Waals surface area contributed by atoms with Gasteiger partial charge in [0, 0.05) is 23.8 Å². The Morgan fingerprint density at radius 3 is 2.30 bits per heavy atom. The number of nitrogens with one attached hydrogen (secondary N) is 2. The summed E-state index contributed by atoms with van der Waals surface area (Å²) in [6, 6.07) is 1.55. The van der Waals surface area contributed by atoms with Gasteiger partial charge in [0.05, 0.1) is 0 Å². The molecule has 20 heavy (non-hydrogen) atoms. The lowest BCUT2D eigenvalue weighted by Gasteiger charge is -2.18. The number of hydrogen-bond donors (Lipinski definition) is 3. The highest BCUT2D eigenvalue weighted by Crippen LogP contribution is 2.29. The summed E-state index contributed by atoms with van der Waals surface area (Å²) in [5.74, 6) is 6.64. The van der Waals surface area contributed by atoms with Crippen molar-refractivity contribution in [1.29, 1.82) is 0 Å². The summed E-state index contributed by atoms with van der Waals surface area (Å²) < 4.78 is 36.0. The fraction of sp³-hybridized carbons (Fsp3) is 0.636. The van der Waals surface area contributed by atoms with E-state index in [1.54, 1.807) is 6.07 Å². The quantitative estimate of drug-likeness (QED) is 0.441. The summed E-state index contributed by atoms with van der Waals surface area (Å²) in [6.45, 7) is 5.96. The van der Waals surface area contributed by atoms with E-state index in [1.165, 1.54) is 0 Å². The molecular weight excluding hydrogens is 291 g/mol. The van der Waals surface area contributed by atoms with Gasteiger partial charge in [-0.25, -0.2) is 15.8 Å². The SMILES string of the molecule is CC(C)(C)c1nc(NN)cc(NCCSC(F)(F)F)n1. The maximum Gasteiger partial charge on any atom is 0.441 e. The fourth-order valence-electron chi connectivity index (χ4n) is 1.29. The molecule has 0 saturated heterocycles. The van der Waals surface area contributed by atoms with Gasteiger partial charge in [-0.05, 0) is 11.8 Å². The van der Waals surface area contributed by atoms with E-state index in [0.717, 1.165) is 0 Å². The Morgan fingerprint density at radius 2 is 1.80 bits per heavy atom. The molecular formula is C11H18F3N5S. The van der Waals surface area contributed by atoms with Crippen LogP contribution in [0.15, 0.2) is 6.07 Å². The van der Waals surface area contributed by atoms with Gasteiger partial charge in [-0.15, -0.1) is 0 Å². The van der Waals surface area contributed by atoms with E-state index in [0.29, 0.717) is 17.5 Å². The van der Waals surface area contributed by atoms with Gasteiger partial charge in [0.15, 0.2) is 0 Å². The van der Waals surface area contributed by atoms with Crippen LogP contribution in [-0.4, -0.2) is 27.8 Å². The second-order valence-corrected chi connectivity index (χ2v) is 6.24. The minimum atomic E-state index is -4.21. The number of nitrogens with two attached hydrogens (primary N) is 1. The van der Waals surface area contributed by atoms with Crippen molar-refractivity contribution in [2.45, 2.75) is 31.7 Å². The Morgan fingerprint density at radius 1 is 1.20 bits per heavy atom. The van der Waals surface area contributed by atoms with Crippen LogP contribution >= 0.6 is 11.8 Å². The third-order valence-electron chi connectivity index (χ3n) is 2.22. The first-order valence-electron chi connectivity index (χ1n) is 5.92. The number of thioether (sulfide) groups is 1. The van der Waals surface area contributed by atoms with E-state index in [9.17, 15) is 13.2 Å². The molecule has 1 aromatic heterocycles. The predicted octanol–water partition coefficient (Wildman–Crippen LogP) is 2.72. The third-order valence-corrected chi connectivity index (χ3v) is 2.95. The van der Waals surface area contributed by atoms with Gasteiger partial charge in [-0.2, -0.15) is 13.2 Å². The van der Waals surface area contributed by atoms with Crippen molar-refractivity contribution < 1.29 is 13.2 Å². The van der Waals surface area contributed by atoms with E-state index >= 15 is 0 Å². The minimum Gasteiger partial charge on any atom is -0.369 e. The van der Waals surface area contributed by atoms with Gasteiger partial charge >= 0.3 is 5.51 Å². The van der Waals surface area contributed by atoms with Gasteiger partial charge in [0.1, 0.15) is 17.5 Å². The van der Waals surface area contributed by atoms with Crippen LogP contribution in [-0.2, 0) is 5.41 Å². The standard InChI is InChI=1S/C11H18F3N5S/c1-10(2,3)9-17-7(6-8(18-9)19-15)16-4-5-20-11(12,13)14/h6H,4-5,15H2,1-3H3,(H2,16,17,18,19). The number of halogens is 3. The topological polar surface area (TPSA) is 75.9 Å². The average molecular weight is 309 g/mol. The summed E-state index contributed by atoms with van der Waals surface area (Å²) in [5.41, 5.74) is -2.08. The van der Waals surface area contributed by atoms with Crippen LogP contribution in [0.4, 0.5) is 24.8 Å². The van der Waals surface area contributed by atoms with E-state index in [-0.39, 0.29) is 29.5 Å². The van der Waals surface area contributed by atoms with Crippen LogP contribution in [0.3, 0.4) is 0 Å². The molecule has 1 aromatic rings. The molecule has 9 heteroatoms. The van der Waals surface area contributed by atoms with E-state index < -0.39 is 5.51 Å². The highest BCUT2D eigenvalue weighted by molar-refractivity contribution is 8.00. The molecule has 1 heterocycles. The lowest BCUT2D eigenvalue weighted by atomic mass is 9.96. The largest absolute Gasteiger partial charge is 0.441 e. The number of nitrogen functional groups attached to an aromatic ring is 1. The predicted molar refractivity (Wildman–Crippen MR) is 75.5 cm³/mol. The molecule has 0 unspecified atom stereocenters. The number of aromatic nitrogens is 2. The van der Waals surface area contributed by atoms with Crippen molar-refractivity contribution in [2.75, 3.05) is 23.0 Å². The first kappa shape index (κ1) is 16.8. The normalized spacial score (nSPS) is 12.3. The molecule has 114 valence electrons. The first-order valence-corrected chi connectivity index (χ1v) is 6.91. The highest BCUT2D eigenvalue weighted by Gasteiger charge is 2.27. The number of hydrogen-bond acceptors (Lipinski definition) is 6. The van der Waals surface area contributed by atoms with E-state index in [4.69, 9.17) is 5.84 Å². The Labute approximate surface area is 119 Å². The van der Waals surface area contributed by atoms with Gasteiger partial charge in [0.25, 0.3) is 0 Å². The molecule has 0 aliphatic carbocycles. The highest BCUT2D eigenvalue weighted by atomic mass is 32.2. The molecule has 5 nitrogen and oxygen atoms in total. The second kappa shape index (κ2) is 6.49. The zero-order valence-electron chi connectivity index (χ0n) is 11.5. The van der Waals surface area contributed by atoms with Crippen molar-refractivity contribution in [1.82, 2.24) is 9.97 Å². The zero-order valence-corrected chi connectivity index (χ0v) is 12.3.